The zero-order valence-corrected chi connectivity index (χ0v) is 12.8. The zero-order chi connectivity index (χ0) is 13.5. The van der Waals surface area contributed by atoms with Gasteiger partial charge in [-0.3, -0.25) is 4.99 Å². The zero-order valence-electron chi connectivity index (χ0n) is 12.8. The van der Waals surface area contributed by atoms with Gasteiger partial charge in [-0.25, -0.2) is 0 Å². The second-order valence-corrected chi connectivity index (χ2v) is 5.90. The van der Waals surface area contributed by atoms with Crippen molar-refractivity contribution >= 4 is 5.96 Å². The molecule has 106 valence electrons. The molecule has 1 heterocycles. The Kier molecular flexibility index (Phi) is 6.47. The van der Waals surface area contributed by atoms with Gasteiger partial charge in [0.15, 0.2) is 5.96 Å². The molecule has 1 saturated heterocycles. The lowest BCUT2D eigenvalue weighted by Gasteiger charge is -2.29. The molecule has 4 nitrogen and oxygen atoms in total. The third-order valence-corrected chi connectivity index (χ3v) is 3.36. The van der Waals surface area contributed by atoms with Crippen LogP contribution < -0.4 is 0 Å². The molecule has 0 spiro atoms. The van der Waals surface area contributed by atoms with Crippen molar-refractivity contribution in [1.82, 2.24) is 14.7 Å². The predicted molar refractivity (Wildman–Crippen MR) is 79.1 cm³/mol. The van der Waals surface area contributed by atoms with Crippen LogP contribution in [-0.2, 0) is 0 Å². The maximum atomic E-state index is 4.73. The average Bonchev–Trinajstić information content (AvgIpc) is 2.29. The van der Waals surface area contributed by atoms with Gasteiger partial charge in [0.1, 0.15) is 0 Å². The normalized spacial score (nSPS) is 18.3. The Hall–Kier alpha value is -0.770. The van der Waals surface area contributed by atoms with Crippen LogP contribution in [0.4, 0.5) is 0 Å². The second-order valence-electron chi connectivity index (χ2n) is 5.90. The van der Waals surface area contributed by atoms with Crippen LogP contribution in [0.2, 0.25) is 0 Å². The fraction of sp³-hybridized carbons (Fsp3) is 0.929. The minimum absolute atomic E-state index is 0.637. The van der Waals surface area contributed by atoms with Gasteiger partial charge in [-0.2, -0.15) is 0 Å². The first kappa shape index (κ1) is 15.3. The molecule has 1 rings (SSSR count). The first-order chi connectivity index (χ1) is 8.50. The predicted octanol–water partition coefficient (Wildman–Crippen LogP) is 1.59. The fourth-order valence-corrected chi connectivity index (χ4v) is 2.56. The van der Waals surface area contributed by atoms with Crippen molar-refractivity contribution in [2.45, 2.75) is 26.2 Å². The van der Waals surface area contributed by atoms with Crippen molar-refractivity contribution in [3.63, 3.8) is 0 Å². The van der Waals surface area contributed by atoms with Crippen LogP contribution in [0.3, 0.4) is 0 Å². The largest absolute Gasteiger partial charge is 0.349 e. The number of aliphatic imine (C=N–C) groups is 1. The summed E-state index contributed by atoms with van der Waals surface area (Å²) in [5.41, 5.74) is 0. The van der Waals surface area contributed by atoms with Crippen LogP contribution in [0.15, 0.2) is 4.99 Å². The van der Waals surface area contributed by atoms with E-state index in [1.54, 1.807) is 0 Å². The van der Waals surface area contributed by atoms with Gasteiger partial charge in [0, 0.05) is 41.3 Å². The number of hydrogen-bond donors (Lipinski definition) is 0. The monoisotopic (exact) mass is 254 g/mol. The second kappa shape index (κ2) is 7.62. The molecule has 18 heavy (non-hydrogen) atoms. The van der Waals surface area contributed by atoms with Crippen molar-refractivity contribution < 1.29 is 0 Å². The first-order valence-electron chi connectivity index (χ1n) is 7.12. The maximum absolute atomic E-state index is 4.73. The summed E-state index contributed by atoms with van der Waals surface area (Å²) >= 11 is 0. The summed E-state index contributed by atoms with van der Waals surface area (Å²) in [4.78, 5) is 11.5. The standard InChI is InChI=1S/C14H30N4/c1-13(12-18-9-7-6-8-10-18)11-15-14(16(2)3)17(4)5/h13H,6-12H2,1-5H3. The molecule has 1 atom stereocenters. The van der Waals surface area contributed by atoms with E-state index in [1.807, 2.05) is 28.2 Å². The van der Waals surface area contributed by atoms with Crippen LogP contribution in [-0.4, -0.2) is 75.0 Å². The molecular weight excluding hydrogens is 224 g/mol. The Bertz CT molecular complexity index is 245. The van der Waals surface area contributed by atoms with Gasteiger partial charge >= 0.3 is 0 Å². The summed E-state index contributed by atoms with van der Waals surface area (Å²) in [7, 11) is 8.20. The number of rotatable bonds is 4. The van der Waals surface area contributed by atoms with E-state index in [1.165, 1.54) is 38.9 Å². The third kappa shape index (κ3) is 5.25. The van der Waals surface area contributed by atoms with E-state index in [4.69, 9.17) is 4.99 Å². The van der Waals surface area contributed by atoms with E-state index < -0.39 is 0 Å². The smallest absolute Gasteiger partial charge is 0.195 e. The Labute approximate surface area is 113 Å². The highest BCUT2D eigenvalue weighted by Crippen LogP contribution is 2.11. The Morgan fingerprint density at radius 2 is 1.61 bits per heavy atom. The van der Waals surface area contributed by atoms with Gasteiger partial charge < -0.3 is 14.7 Å². The molecule has 0 aromatic carbocycles. The van der Waals surface area contributed by atoms with E-state index >= 15 is 0 Å². The minimum atomic E-state index is 0.637. The van der Waals surface area contributed by atoms with Crippen LogP contribution in [0.1, 0.15) is 26.2 Å². The lowest BCUT2D eigenvalue weighted by molar-refractivity contribution is 0.202. The Morgan fingerprint density at radius 3 is 2.11 bits per heavy atom. The van der Waals surface area contributed by atoms with Crippen LogP contribution in [0.5, 0.6) is 0 Å². The van der Waals surface area contributed by atoms with Crippen LogP contribution in [0, 0.1) is 5.92 Å². The number of piperidine rings is 1. The van der Waals surface area contributed by atoms with Crippen molar-refractivity contribution in [2.24, 2.45) is 10.9 Å². The average molecular weight is 254 g/mol. The topological polar surface area (TPSA) is 22.1 Å². The molecule has 0 bridgehead atoms. The summed E-state index contributed by atoms with van der Waals surface area (Å²) in [5, 5.41) is 0. The van der Waals surface area contributed by atoms with Crippen LogP contribution in [0.25, 0.3) is 0 Å². The summed E-state index contributed by atoms with van der Waals surface area (Å²) in [5.74, 6) is 1.69. The fourth-order valence-electron chi connectivity index (χ4n) is 2.56. The SMILES string of the molecule is CC(CN=C(N(C)C)N(C)C)CN1CCCCC1. The number of likely N-dealkylation sites (tertiary alicyclic amines) is 1. The van der Waals surface area contributed by atoms with Crippen LogP contribution >= 0.6 is 0 Å². The highest BCUT2D eigenvalue weighted by Gasteiger charge is 2.13. The number of nitrogens with zero attached hydrogens (tertiary/aromatic N) is 4. The molecule has 0 amide bonds. The molecule has 1 aliphatic rings. The first-order valence-corrected chi connectivity index (χ1v) is 7.12. The van der Waals surface area contributed by atoms with E-state index in [0.29, 0.717) is 5.92 Å². The Morgan fingerprint density at radius 1 is 1.06 bits per heavy atom. The maximum Gasteiger partial charge on any atom is 0.195 e. The summed E-state index contributed by atoms with van der Waals surface area (Å²) in [6, 6.07) is 0. The lowest BCUT2D eigenvalue weighted by atomic mass is 10.1. The van der Waals surface area contributed by atoms with Gasteiger partial charge in [0.05, 0.1) is 0 Å². The van der Waals surface area contributed by atoms with Crippen molar-refractivity contribution in [1.29, 1.82) is 0 Å². The van der Waals surface area contributed by atoms with Crippen molar-refractivity contribution in [2.75, 3.05) is 54.4 Å². The molecule has 0 aliphatic carbocycles. The van der Waals surface area contributed by atoms with E-state index in [-0.39, 0.29) is 0 Å². The molecule has 0 N–H and O–H groups in total. The van der Waals surface area contributed by atoms with E-state index in [9.17, 15) is 0 Å². The highest BCUT2D eigenvalue weighted by atomic mass is 15.3. The highest BCUT2D eigenvalue weighted by molar-refractivity contribution is 5.79. The van der Waals surface area contributed by atoms with Gasteiger partial charge in [-0.1, -0.05) is 13.3 Å². The third-order valence-electron chi connectivity index (χ3n) is 3.36. The van der Waals surface area contributed by atoms with Crippen molar-refractivity contribution in [3.8, 4) is 0 Å². The molecule has 0 aromatic heterocycles. The summed E-state index contributed by atoms with van der Waals surface area (Å²) in [6.45, 7) is 6.98. The molecule has 1 fully saturated rings. The van der Waals surface area contributed by atoms with Gasteiger partial charge in [-0.15, -0.1) is 0 Å². The van der Waals surface area contributed by atoms with E-state index in [0.717, 1.165) is 12.5 Å². The van der Waals surface area contributed by atoms with E-state index in [2.05, 4.69) is 21.6 Å². The minimum Gasteiger partial charge on any atom is -0.349 e. The van der Waals surface area contributed by atoms with Gasteiger partial charge in [0.2, 0.25) is 0 Å². The quantitative estimate of drug-likeness (QED) is 0.562. The molecule has 0 radical (unpaired) electrons. The molecule has 1 unspecified atom stereocenters. The molecule has 1 aliphatic heterocycles. The van der Waals surface area contributed by atoms with Crippen molar-refractivity contribution in [3.05, 3.63) is 0 Å². The summed E-state index contributed by atoms with van der Waals surface area (Å²) < 4.78 is 0. The van der Waals surface area contributed by atoms with Gasteiger partial charge in [-0.05, 0) is 31.8 Å². The molecular formula is C14H30N4. The molecule has 4 heteroatoms. The Balaban J connectivity index is 2.38. The van der Waals surface area contributed by atoms with Gasteiger partial charge in [0.25, 0.3) is 0 Å². The number of hydrogen-bond acceptors (Lipinski definition) is 2. The lowest BCUT2D eigenvalue weighted by Crippen LogP contribution is -2.37. The number of guanidine groups is 1. The summed E-state index contributed by atoms with van der Waals surface area (Å²) in [6.07, 6.45) is 4.15. The molecule has 0 saturated carbocycles. The molecule has 0 aromatic rings.